The smallest absolute Gasteiger partial charge is 0.274 e. The zero-order chi connectivity index (χ0) is 16.3. The summed E-state index contributed by atoms with van der Waals surface area (Å²) in [4.78, 5) is 37.1. The van der Waals surface area contributed by atoms with Crippen molar-refractivity contribution in [1.82, 2.24) is 0 Å². The highest BCUT2D eigenvalue weighted by Gasteiger charge is 2.56. The number of anilines is 1. The van der Waals surface area contributed by atoms with E-state index in [2.05, 4.69) is 0 Å². The number of allylic oxidation sites excluding steroid dienone is 2. The Morgan fingerprint density at radius 3 is 2.13 bits per heavy atom. The molecule has 3 aliphatic carbocycles. The molecular formula is C16H13ClN2O4. The third kappa shape index (κ3) is 1.94. The zero-order valence-electron chi connectivity index (χ0n) is 12.0. The van der Waals surface area contributed by atoms with E-state index in [1.54, 1.807) is 0 Å². The maximum atomic E-state index is 12.8. The van der Waals surface area contributed by atoms with Gasteiger partial charge in [0.1, 0.15) is 5.02 Å². The number of amides is 2. The van der Waals surface area contributed by atoms with E-state index in [0.29, 0.717) is 0 Å². The monoisotopic (exact) mass is 332 g/mol. The zero-order valence-corrected chi connectivity index (χ0v) is 12.8. The summed E-state index contributed by atoms with van der Waals surface area (Å²) < 4.78 is 0. The molecule has 6 nitrogen and oxygen atoms in total. The van der Waals surface area contributed by atoms with Crippen LogP contribution in [0.2, 0.25) is 5.02 Å². The van der Waals surface area contributed by atoms with Gasteiger partial charge in [0.25, 0.3) is 5.69 Å². The normalized spacial score (nSPS) is 31.6. The van der Waals surface area contributed by atoms with Crippen LogP contribution in [0.3, 0.4) is 0 Å². The van der Waals surface area contributed by atoms with E-state index in [9.17, 15) is 19.7 Å². The second kappa shape index (κ2) is 4.89. The molecule has 118 valence electrons. The Balaban J connectivity index is 1.76. The van der Waals surface area contributed by atoms with Crippen molar-refractivity contribution in [3.8, 4) is 0 Å². The molecule has 2 amide bonds. The van der Waals surface area contributed by atoms with Crippen LogP contribution >= 0.6 is 11.6 Å². The van der Waals surface area contributed by atoms with Gasteiger partial charge in [-0.15, -0.1) is 0 Å². The summed E-state index contributed by atoms with van der Waals surface area (Å²) in [5.74, 6) is -0.990. The van der Waals surface area contributed by atoms with Gasteiger partial charge in [0.05, 0.1) is 22.4 Å². The van der Waals surface area contributed by atoms with Crippen molar-refractivity contribution < 1.29 is 14.5 Å². The predicted molar refractivity (Wildman–Crippen MR) is 82.9 cm³/mol. The molecule has 5 rings (SSSR count). The van der Waals surface area contributed by atoms with E-state index in [0.717, 1.165) is 17.7 Å². The first-order valence-electron chi connectivity index (χ1n) is 7.49. The van der Waals surface area contributed by atoms with Crippen LogP contribution in [-0.4, -0.2) is 16.7 Å². The summed E-state index contributed by atoms with van der Waals surface area (Å²) in [6.45, 7) is 0. The van der Waals surface area contributed by atoms with Crippen LogP contribution in [0.4, 0.5) is 11.4 Å². The van der Waals surface area contributed by atoms with Crippen molar-refractivity contribution in [1.29, 1.82) is 0 Å². The van der Waals surface area contributed by atoms with Crippen LogP contribution in [-0.2, 0) is 9.59 Å². The Morgan fingerprint density at radius 1 is 1.09 bits per heavy atom. The number of rotatable bonds is 2. The molecule has 0 spiro atoms. The minimum atomic E-state index is -0.616. The number of nitro benzene ring substituents is 1. The molecule has 1 aromatic rings. The number of halogens is 1. The molecule has 2 fully saturated rings. The maximum absolute atomic E-state index is 12.8. The van der Waals surface area contributed by atoms with Crippen molar-refractivity contribution in [3.05, 3.63) is 45.5 Å². The largest absolute Gasteiger partial charge is 0.289 e. The molecule has 1 saturated heterocycles. The number of benzene rings is 1. The number of nitro groups is 1. The topological polar surface area (TPSA) is 80.5 Å². The van der Waals surface area contributed by atoms with Gasteiger partial charge in [-0.2, -0.15) is 0 Å². The van der Waals surface area contributed by atoms with Crippen LogP contribution in [0, 0.1) is 33.8 Å². The number of carbonyl (C=O) groups excluding carboxylic acids is 2. The molecule has 7 heteroatoms. The number of carbonyl (C=O) groups is 2. The molecule has 0 N–H and O–H groups in total. The number of nitrogens with zero attached hydrogens (tertiary/aromatic N) is 2. The average molecular weight is 333 g/mol. The Morgan fingerprint density at radius 2 is 1.65 bits per heavy atom. The Bertz CT molecular complexity index is 743. The maximum Gasteiger partial charge on any atom is 0.289 e. The predicted octanol–water partition coefficient (Wildman–Crippen LogP) is 2.95. The van der Waals surface area contributed by atoms with E-state index in [4.69, 9.17) is 11.6 Å². The van der Waals surface area contributed by atoms with Crippen molar-refractivity contribution in [2.75, 3.05) is 4.90 Å². The molecule has 4 aliphatic rings. The lowest BCUT2D eigenvalue weighted by atomic mass is 9.63. The number of hydrogen-bond donors (Lipinski definition) is 0. The summed E-state index contributed by atoms with van der Waals surface area (Å²) >= 11 is 5.81. The standard InChI is InChI=1S/C16H13ClN2O4/c17-11-6-5-10(7-12(11)19(22)23)18-15(20)13-8-1-2-9(4-3-8)14(13)16(18)21/h1-2,5-9,13-14H,3-4H2/t8-,9-,13-,14-/m0/s1. The molecule has 1 aliphatic heterocycles. The summed E-state index contributed by atoms with van der Waals surface area (Å²) in [5.41, 5.74) is -0.0781. The first kappa shape index (κ1) is 14.4. The van der Waals surface area contributed by atoms with Crippen molar-refractivity contribution >= 4 is 34.8 Å². The van der Waals surface area contributed by atoms with E-state index in [1.807, 2.05) is 12.2 Å². The summed E-state index contributed by atoms with van der Waals surface area (Å²) in [6.07, 6.45) is 5.90. The van der Waals surface area contributed by atoms with Gasteiger partial charge in [-0.1, -0.05) is 23.8 Å². The van der Waals surface area contributed by atoms with Crippen LogP contribution in [0.1, 0.15) is 12.8 Å². The molecule has 1 aromatic carbocycles. The van der Waals surface area contributed by atoms with Gasteiger partial charge >= 0.3 is 0 Å². The van der Waals surface area contributed by atoms with Gasteiger partial charge in [-0.25, -0.2) is 4.90 Å². The van der Waals surface area contributed by atoms with Gasteiger partial charge in [-0.05, 0) is 36.8 Å². The fourth-order valence-corrected chi connectivity index (χ4v) is 4.30. The van der Waals surface area contributed by atoms with E-state index in [-0.39, 0.29) is 51.9 Å². The third-order valence-electron chi connectivity index (χ3n) is 5.14. The fraction of sp³-hybridized carbons (Fsp3) is 0.375. The first-order valence-corrected chi connectivity index (χ1v) is 7.87. The highest BCUT2D eigenvalue weighted by Crippen LogP contribution is 2.50. The van der Waals surface area contributed by atoms with E-state index >= 15 is 0 Å². The minimum Gasteiger partial charge on any atom is -0.274 e. The Labute approximate surface area is 136 Å². The number of hydrogen-bond acceptors (Lipinski definition) is 4. The second-order valence-corrected chi connectivity index (χ2v) is 6.65. The fourth-order valence-electron chi connectivity index (χ4n) is 4.11. The molecule has 2 bridgehead atoms. The summed E-state index contributed by atoms with van der Waals surface area (Å²) in [5, 5.41) is 11.0. The highest BCUT2D eigenvalue weighted by molar-refractivity contribution is 6.33. The molecule has 1 heterocycles. The third-order valence-corrected chi connectivity index (χ3v) is 5.46. The average Bonchev–Trinajstić information content (AvgIpc) is 2.83. The van der Waals surface area contributed by atoms with Gasteiger partial charge in [0.15, 0.2) is 0 Å². The van der Waals surface area contributed by atoms with Crippen LogP contribution in [0.5, 0.6) is 0 Å². The van der Waals surface area contributed by atoms with Crippen molar-refractivity contribution in [3.63, 3.8) is 0 Å². The van der Waals surface area contributed by atoms with E-state index in [1.165, 1.54) is 18.2 Å². The lowest BCUT2D eigenvalue weighted by Gasteiger charge is -2.38. The SMILES string of the molecule is O=C1[C@@H]2[C@@H](C(=O)N1c1ccc(Cl)c([N+](=O)[O-])c1)[C@H]1C=C[C@H]2CC1. The lowest BCUT2D eigenvalue weighted by Crippen LogP contribution is -2.38. The van der Waals surface area contributed by atoms with Gasteiger partial charge in [-0.3, -0.25) is 19.7 Å². The van der Waals surface area contributed by atoms with Gasteiger partial charge in [0.2, 0.25) is 11.8 Å². The van der Waals surface area contributed by atoms with Gasteiger partial charge < -0.3 is 0 Å². The number of imide groups is 1. The molecule has 1 saturated carbocycles. The number of fused-ring (bicyclic) bond motifs is 1. The Hall–Kier alpha value is -2.21. The highest BCUT2D eigenvalue weighted by atomic mass is 35.5. The molecular weight excluding hydrogens is 320 g/mol. The molecule has 0 unspecified atom stereocenters. The van der Waals surface area contributed by atoms with Crippen LogP contribution < -0.4 is 4.90 Å². The molecule has 0 aromatic heterocycles. The van der Waals surface area contributed by atoms with E-state index < -0.39 is 4.92 Å². The van der Waals surface area contributed by atoms with Gasteiger partial charge in [0, 0.05) is 6.07 Å². The second-order valence-electron chi connectivity index (χ2n) is 6.25. The van der Waals surface area contributed by atoms with Crippen molar-refractivity contribution in [2.24, 2.45) is 23.7 Å². The Kier molecular flexibility index (Phi) is 3.06. The van der Waals surface area contributed by atoms with Crippen molar-refractivity contribution in [2.45, 2.75) is 12.8 Å². The molecule has 4 atom stereocenters. The first-order chi connectivity index (χ1) is 11.0. The minimum absolute atomic E-state index is 0.0167. The summed E-state index contributed by atoms with van der Waals surface area (Å²) in [7, 11) is 0. The quantitative estimate of drug-likeness (QED) is 0.361. The van der Waals surface area contributed by atoms with Crippen LogP contribution in [0.15, 0.2) is 30.4 Å². The molecule has 23 heavy (non-hydrogen) atoms. The lowest BCUT2D eigenvalue weighted by molar-refractivity contribution is -0.384. The van der Waals surface area contributed by atoms with Crippen LogP contribution in [0.25, 0.3) is 0 Å². The molecule has 0 radical (unpaired) electrons. The summed E-state index contributed by atoms with van der Waals surface area (Å²) in [6, 6.07) is 4.03.